The van der Waals surface area contributed by atoms with Gasteiger partial charge in [-0.05, 0) is 24.8 Å². The zero-order valence-corrected chi connectivity index (χ0v) is 17.8. The van der Waals surface area contributed by atoms with Gasteiger partial charge in [-0.25, -0.2) is 4.98 Å². The van der Waals surface area contributed by atoms with Crippen molar-refractivity contribution in [2.45, 2.75) is 26.3 Å². The molecule has 0 atom stereocenters. The van der Waals surface area contributed by atoms with Gasteiger partial charge in [-0.1, -0.05) is 35.9 Å². The summed E-state index contributed by atoms with van der Waals surface area (Å²) in [5, 5.41) is 4.65. The Morgan fingerprint density at radius 2 is 1.97 bits per heavy atom. The first-order chi connectivity index (χ1) is 14.1. The van der Waals surface area contributed by atoms with Crippen LogP contribution >= 0.6 is 22.7 Å². The SMILES string of the molecule is COC(=O)CCCn1c(-c2ccc(C)cc2)nc2scc(-c3cccs3)c2c1=O. The molecule has 0 spiro atoms. The quantitative estimate of drug-likeness (QED) is 0.403. The van der Waals surface area contributed by atoms with Gasteiger partial charge in [0.15, 0.2) is 0 Å². The second-order valence-corrected chi connectivity index (χ2v) is 8.55. The average Bonchev–Trinajstić information content (AvgIpc) is 3.39. The molecule has 0 radical (unpaired) electrons. The summed E-state index contributed by atoms with van der Waals surface area (Å²) >= 11 is 3.09. The summed E-state index contributed by atoms with van der Waals surface area (Å²) in [6, 6.07) is 12.0. The van der Waals surface area contributed by atoms with E-state index in [-0.39, 0.29) is 17.9 Å². The zero-order chi connectivity index (χ0) is 20.4. The summed E-state index contributed by atoms with van der Waals surface area (Å²) in [5.74, 6) is 0.353. The monoisotopic (exact) mass is 424 g/mol. The maximum atomic E-state index is 13.5. The van der Waals surface area contributed by atoms with Crippen LogP contribution in [0.25, 0.3) is 32.0 Å². The van der Waals surface area contributed by atoms with E-state index in [9.17, 15) is 9.59 Å². The average molecular weight is 425 g/mol. The van der Waals surface area contributed by atoms with Crippen LogP contribution in [-0.4, -0.2) is 22.6 Å². The van der Waals surface area contributed by atoms with Gasteiger partial charge in [-0.2, -0.15) is 0 Å². The third kappa shape index (κ3) is 3.88. The van der Waals surface area contributed by atoms with Crippen molar-refractivity contribution in [1.29, 1.82) is 0 Å². The largest absolute Gasteiger partial charge is 0.469 e. The van der Waals surface area contributed by atoms with Crippen LogP contribution in [0.3, 0.4) is 0 Å². The van der Waals surface area contributed by atoms with Crippen LogP contribution in [0.5, 0.6) is 0 Å². The second kappa shape index (κ2) is 8.31. The second-order valence-electron chi connectivity index (χ2n) is 6.74. The van der Waals surface area contributed by atoms with Crippen LogP contribution in [0.15, 0.2) is 52.0 Å². The number of aromatic nitrogens is 2. The first kappa shape index (κ1) is 19.5. The molecular weight excluding hydrogens is 404 g/mol. The highest BCUT2D eigenvalue weighted by Gasteiger charge is 2.18. The van der Waals surface area contributed by atoms with Crippen LogP contribution in [0, 0.1) is 6.92 Å². The predicted octanol–water partition coefficient (Wildman–Crippen LogP) is 5.12. The molecule has 148 valence electrons. The number of fused-ring (bicyclic) bond motifs is 1. The van der Waals surface area contributed by atoms with Gasteiger partial charge in [-0.15, -0.1) is 22.7 Å². The molecule has 0 fully saturated rings. The first-order valence-electron chi connectivity index (χ1n) is 9.28. The van der Waals surface area contributed by atoms with Crippen LogP contribution in [0.4, 0.5) is 0 Å². The fraction of sp³-hybridized carbons (Fsp3) is 0.227. The summed E-state index contributed by atoms with van der Waals surface area (Å²) in [5.41, 5.74) is 2.89. The molecule has 5 nitrogen and oxygen atoms in total. The lowest BCUT2D eigenvalue weighted by Gasteiger charge is -2.13. The lowest BCUT2D eigenvalue weighted by atomic mass is 10.1. The van der Waals surface area contributed by atoms with E-state index in [0.717, 1.165) is 26.4 Å². The maximum Gasteiger partial charge on any atom is 0.305 e. The standard InChI is InChI=1S/C22H20N2O3S2/c1-14-7-9-15(10-8-14)20-23-21-19(16(13-29-21)17-5-4-12-28-17)22(26)24(20)11-3-6-18(25)27-2/h4-5,7-10,12-13H,3,6,11H2,1-2H3. The van der Waals surface area contributed by atoms with E-state index in [1.807, 2.05) is 54.1 Å². The molecule has 0 aliphatic carbocycles. The van der Waals surface area contributed by atoms with Gasteiger partial charge in [0.25, 0.3) is 5.56 Å². The van der Waals surface area contributed by atoms with E-state index >= 15 is 0 Å². The number of thiophene rings is 2. The van der Waals surface area contributed by atoms with Gasteiger partial charge >= 0.3 is 5.97 Å². The summed E-state index contributed by atoms with van der Waals surface area (Å²) in [4.78, 5) is 31.7. The Labute approximate surface area is 176 Å². The van der Waals surface area contributed by atoms with Crippen LogP contribution in [-0.2, 0) is 16.1 Å². The Hall–Kier alpha value is -2.77. The Morgan fingerprint density at radius 1 is 1.17 bits per heavy atom. The summed E-state index contributed by atoms with van der Waals surface area (Å²) in [6.07, 6.45) is 0.771. The van der Waals surface area contributed by atoms with Crippen molar-refractivity contribution in [2.75, 3.05) is 7.11 Å². The maximum absolute atomic E-state index is 13.5. The van der Waals surface area contributed by atoms with E-state index in [2.05, 4.69) is 0 Å². The third-order valence-electron chi connectivity index (χ3n) is 4.78. The number of hydrogen-bond donors (Lipinski definition) is 0. The van der Waals surface area contributed by atoms with Crippen molar-refractivity contribution >= 4 is 38.9 Å². The van der Waals surface area contributed by atoms with E-state index < -0.39 is 0 Å². The first-order valence-corrected chi connectivity index (χ1v) is 11.0. The number of nitrogens with zero attached hydrogens (tertiary/aromatic N) is 2. The molecule has 0 unspecified atom stereocenters. The molecule has 3 aromatic heterocycles. The molecular formula is C22H20N2O3S2. The summed E-state index contributed by atoms with van der Waals surface area (Å²) in [7, 11) is 1.37. The highest BCUT2D eigenvalue weighted by atomic mass is 32.1. The number of carbonyl (C=O) groups is 1. The summed E-state index contributed by atoms with van der Waals surface area (Å²) < 4.78 is 6.43. The van der Waals surface area contributed by atoms with Crippen molar-refractivity contribution in [3.8, 4) is 21.8 Å². The predicted molar refractivity (Wildman–Crippen MR) is 119 cm³/mol. The van der Waals surface area contributed by atoms with E-state index in [1.54, 1.807) is 15.9 Å². The molecule has 4 aromatic rings. The van der Waals surface area contributed by atoms with Crippen molar-refractivity contribution in [3.63, 3.8) is 0 Å². The zero-order valence-electron chi connectivity index (χ0n) is 16.2. The highest BCUT2D eigenvalue weighted by molar-refractivity contribution is 7.18. The smallest absolute Gasteiger partial charge is 0.305 e. The van der Waals surface area contributed by atoms with Crippen molar-refractivity contribution in [1.82, 2.24) is 9.55 Å². The number of esters is 1. The molecule has 0 amide bonds. The molecule has 0 bridgehead atoms. The number of carbonyl (C=O) groups excluding carboxylic acids is 1. The minimum atomic E-state index is -0.279. The number of aryl methyl sites for hydroxylation is 1. The fourth-order valence-corrected chi connectivity index (χ4v) is 5.00. The summed E-state index contributed by atoms with van der Waals surface area (Å²) in [6.45, 7) is 2.43. The van der Waals surface area contributed by atoms with Gasteiger partial charge in [0.05, 0.1) is 12.5 Å². The van der Waals surface area contributed by atoms with Gasteiger partial charge in [-0.3, -0.25) is 14.2 Å². The lowest BCUT2D eigenvalue weighted by molar-refractivity contribution is -0.140. The normalized spacial score (nSPS) is 11.1. The van der Waals surface area contributed by atoms with Crippen molar-refractivity contribution < 1.29 is 9.53 Å². The van der Waals surface area contributed by atoms with Gasteiger partial charge in [0.2, 0.25) is 0 Å². The van der Waals surface area contributed by atoms with Gasteiger partial charge in [0, 0.05) is 34.3 Å². The Morgan fingerprint density at radius 3 is 2.66 bits per heavy atom. The molecule has 1 aromatic carbocycles. The molecule has 0 N–H and O–H groups in total. The number of hydrogen-bond acceptors (Lipinski definition) is 6. The van der Waals surface area contributed by atoms with E-state index in [0.29, 0.717) is 24.2 Å². The molecule has 3 heterocycles. The topological polar surface area (TPSA) is 61.2 Å². The molecule has 0 saturated heterocycles. The molecule has 0 aliphatic heterocycles. The molecule has 4 rings (SSSR count). The highest BCUT2D eigenvalue weighted by Crippen LogP contribution is 2.34. The van der Waals surface area contributed by atoms with Crippen LogP contribution in [0.2, 0.25) is 0 Å². The molecule has 0 saturated carbocycles. The lowest BCUT2D eigenvalue weighted by Crippen LogP contribution is -2.24. The Bertz CT molecular complexity index is 1210. The minimum absolute atomic E-state index is 0.0694. The Kier molecular flexibility index (Phi) is 5.60. The minimum Gasteiger partial charge on any atom is -0.469 e. The van der Waals surface area contributed by atoms with Crippen LogP contribution < -0.4 is 5.56 Å². The Balaban J connectivity index is 1.86. The van der Waals surface area contributed by atoms with E-state index in [4.69, 9.17) is 9.72 Å². The van der Waals surface area contributed by atoms with Gasteiger partial charge < -0.3 is 4.74 Å². The van der Waals surface area contributed by atoms with Crippen molar-refractivity contribution in [2.24, 2.45) is 0 Å². The van der Waals surface area contributed by atoms with E-state index in [1.165, 1.54) is 18.4 Å². The van der Waals surface area contributed by atoms with Gasteiger partial charge in [0.1, 0.15) is 10.7 Å². The number of rotatable bonds is 6. The molecule has 29 heavy (non-hydrogen) atoms. The number of benzene rings is 1. The number of methoxy groups -OCH3 is 1. The third-order valence-corrected chi connectivity index (χ3v) is 6.56. The number of ether oxygens (including phenoxy) is 1. The fourth-order valence-electron chi connectivity index (χ4n) is 3.25. The molecule has 7 heteroatoms. The van der Waals surface area contributed by atoms with Crippen molar-refractivity contribution in [3.05, 3.63) is 63.1 Å². The van der Waals surface area contributed by atoms with Crippen LogP contribution in [0.1, 0.15) is 18.4 Å². The molecule has 0 aliphatic rings.